The Balaban J connectivity index is 1.64. The van der Waals surface area contributed by atoms with E-state index in [1.54, 1.807) is 48.8 Å². The van der Waals surface area contributed by atoms with Crippen LogP contribution in [0.5, 0.6) is 0 Å². The first-order chi connectivity index (χ1) is 12.3. The van der Waals surface area contributed by atoms with Crippen LogP contribution in [-0.2, 0) is 11.3 Å². The number of aliphatic hydroxyl groups excluding tert-OH is 1. The maximum absolute atomic E-state index is 12.3. The molecule has 128 valence electrons. The summed E-state index contributed by atoms with van der Waals surface area (Å²) in [5, 5.41) is 15.7. The summed E-state index contributed by atoms with van der Waals surface area (Å²) in [4.78, 5) is 20.4. The zero-order valence-corrected chi connectivity index (χ0v) is 13.3. The number of rotatable bonds is 7. The zero-order valence-electron chi connectivity index (χ0n) is 13.3. The highest BCUT2D eigenvalue weighted by atomic mass is 16.6. The van der Waals surface area contributed by atoms with Crippen LogP contribution in [0.1, 0.15) is 16.2 Å². The number of anilines is 1. The molecule has 3 aromatic rings. The first kappa shape index (κ1) is 16.6. The lowest BCUT2D eigenvalue weighted by molar-refractivity contribution is 0.0431. The molecule has 0 saturated carbocycles. The highest BCUT2D eigenvalue weighted by Gasteiger charge is 2.15. The van der Waals surface area contributed by atoms with Crippen LogP contribution >= 0.6 is 0 Å². The van der Waals surface area contributed by atoms with Crippen LogP contribution in [0.25, 0.3) is 11.4 Å². The molecular formula is C17H16N4O4. The normalized spacial score (nSPS) is 10.4. The molecular weight excluding hydrogens is 324 g/mol. The highest BCUT2D eigenvalue weighted by Crippen LogP contribution is 2.18. The molecule has 8 nitrogen and oxygen atoms in total. The molecule has 0 spiro atoms. The molecule has 2 heterocycles. The Hall–Kier alpha value is -3.26. The predicted octanol–water partition coefficient (Wildman–Crippen LogP) is 1.89. The Bertz CT molecular complexity index is 835. The Morgan fingerprint density at radius 3 is 2.92 bits per heavy atom. The third-order valence-corrected chi connectivity index (χ3v) is 3.29. The van der Waals surface area contributed by atoms with E-state index in [1.165, 1.54) is 0 Å². The van der Waals surface area contributed by atoms with Crippen molar-refractivity contribution in [2.45, 2.75) is 6.61 Å². The molecule has 0 bridgehead atoms. The van der Waals surface area contributed by atoms with Gasteiger partial charge in [0.15, 0.2) is 6.61 Å². The summed E-state index contributed by atoms with van der Waals surface area (Å²) in [6, 6.07) is 10.5. The van der Waals surface area contributed by atoms with Crippen LogP contribution in [-0.4, -0.2) is 39.4 Å². The number of pyridine rings is 1. The second-order valence-corrected chi connectivity index (χ2v) is 5.03. The van der Waals surface area contributed by atoms with E-state index in [9.17, 15) is 4.79 Å². The zero-order chi connectivity index (χ0) is 17.5. The third-order valence-electron chi connectivity index (χ3n) is 3.29. The molecule has 3 rings (SSSR count). The van der Waals surface area contributed by atoms with Crippen LogP contribution in [0.15, 0.2) is 53.3 Å². The fraction of sp³-hybridized carbons (Fsp3) is 0.176. The number of nitrogens with one attached hydrogen (secondary N) is 1. The Labute approximate surface area is 143 Å². The third kappa shape index (κ3) is 4.18. The van der Waals surface area contributed by atoms with Crippen molar-refractivity contribution in [3.05, 3.63) is 60.2 Å². The lowest BCUT2D eigenvalue weighted by Crippen LogP contribution is -2.12. The summed E-state index contributed by atoms with van der Waals surface area (Å²) in [6.07, 6.45) is 3.26. The molecule has 1 aromatic carbocycles. The number of ether oxygens (including phenoxy) is 1. The van der Waals surface area contributed by atoms with Crippen molar-refractivity contribution in [1.29, 1.82) is 0 Å². The lowest BCUT2D eigenvalue weighted by Gasteiger charge is -2.09. The maximum atomic E-state index is 12.3. The van der Waals surface area contributed by atoms with Crippen molar-refractivity contribution in [2.24, 2.45) is 0 Å². The fourth-order valence-corrected chi connectivity index (χ4v) is 2.14. The molecule has 0 aliphatic carbocycles. The number of benzene rings is 1. The smallest absolute Gasteiger partial charge is 0.340 e. The molecule has 0 saturated heterocycles. The van der Waals surface area contributed by atoms with Crippen molar-refractivity contribution in [3.8, 4) is 11.4 Å². The van der Waals surface area contributed by atoms with E-state index in [4.69, 9.17) is 14.4 Å². The Morgan fingerprint density at radius 2 is 2.12 bits per heavy atom. The first-order valence-corrected chi connectivity index (χ1v) is 7.62. The molecule has 0 unspecified atom stereocenters. The van der Waals surface area contributed by atoms with Gasteiger partial charge in [0.1, 0.15) is 0 Å². The van der Waals surface area contributed by atoms with Gasteiger partial charge in [-0.05, 0) is 24.3 Å². The van der Waals surface area contributed by atoms with Gasteiger partial charge >= 0.3 is 5.97 Å². The minimum atomic E-state index is -0.526. The number of hydrogen-bond acceptors (Lipinski definition) is 8. The van der Waals surface area contributed by atoms with Crippen molar-refractivity contribution in [3.63, 3.8) is 0 Å². The van der Waals surface area contributed by atoms with E-state index in [0.29, 0.717) is 29.2 Å². The fourth-order valence-electron chi connectivity index (χ4n) is 2.14. The average Bonchev–Trinajstić information content (AvgIpc) is 3.14. The first-order valence-electron chi connectivity index (χ1n) is 7.62. The minimum absolute atomic E-state index is 0.0392. The van der Waals surface area contributed by atoms with Crippen molar-refractivity contribution >= 4 is 11.7 Å². The SMILES string of the molecule is O=C(OCc1nc(-c2cccnc2)no1)c1ccccc1NCCO. The summed E-state index contributed by atoms with van der Waals surface area (Å²) in [5.74, 6) is 0.0410. The molecule has 0 aliphatic heterocycles. The van der Waals surface area contributed by atoms with Crippen LogP contribution in [0, 0.1) is 0 Å². The molecule has 2 N–H and O–H groups in total. The topological polar surface area (TPSA) is 110 Å². The Kier molecular flexibility index (Phi) is 5.32. The van der Waals surface area contributed by atoms with E-state index in [-0.39, 0.29) is 19.1 Å². The summed E-state index contributed by atoms with van der Waals surface area (Å²) in [6.45, 7) is 0.158. The summed E-state index contributed by atoms with van der Waals surface area (Å²) in [5.41, 5.74) is 1.66. The van der Waals surface area contributed by atoms with Gasteiger partial charge < -0.3 is 19.7 Å². The van der Waals surface area contributed by atoms with Crippen molar-refractivity contribution < 1.29 is 19.2 Å². The highest BCUT2D eigenvalue weighted by molar-refractivity contribution is 5.95. The number of carbonyl (C=O) groups is 1. The second-order valence-electron chi connectivity index (χ2n) is 5.03. The van der Waals surface area contributed by atoms with Gasteiger partial charge in [-0.3, -0.25) is 4.98 Å². The molecule has 25 heavy (non-hydrogen) atoms. The van der Waals surface area contributed by atoms with E-state index in [1.807, 2.05) is 0 Å². The van der Waals surface area contributed by atoms with Crippen molar-refractivity contribution in [2.75, 3.05) is 18.5 Å². The van der Waals surface area contributed by atoms with Crippen LogP contribution in [0.4, 0.5) is 5.69 Å². The number of para-hydroxylation sites is 1. The van der Waals surface area contributed by atoms with Gasteiger partial charge in [0, 0.05) is 30.2 Å². The van der Waals surface area contributed by atoms with E-state index in [2.05, 4.69) is 20.4 Å². The van der Waals surface area contributed by atoms with Gasteiger partial charge in [0.25, 0.3) is 5.89 Å². The van der Waals surface area contributed by atoms with Crippen LogP contribution in [0.2, 0.25) is 0 Å². The largest absolute Gasteiger partial charge is 0.452 e. The van der Waals surface area contributed by atoms with E-state index < -0.39 is 5.97 Å². The van der Waals surface area contributed by atoms with E-state index >= 15 is 0 Å². The van der Waals surface area contributed by atoms with Crippen molar-refractivity contribution in [1.82, 2.24) is 15.1 Å². The van der Waals surface area contributed by atoms with Crippen LogP contribution < -0.4 is 5.32 Å². The minimum Gasteiger partial charge on any atom is -0.452 e. The maximum Gasteiger partial charge on any atom is 0.340 e. The molecule has 0 atom stereocenters. The molecule has 2 aromatic heterocycles. The van der Waals surface area contributed by atoms with Gasteiger partial charge in [0.2, 0.25) is 5.82 Å². The molecule has 8 heteroatoms. The summed E-state index contributed by atoms with van der Waals surface area (Å²) in [7, 11) is 0. The Morgan fingerprint density at radius 1 is 1.24 bits per heavy atom. The average molecular weight is 340 g/mol. The van der Waals surface area contributed by atoms with Crippen LogP contribution in [0.3, 0.4) is 0 Å². The number of nitrogens with zero attached hydrogens (tertiary/aromatic N) is 3. The van der Waals surface area contributed by atoms with E-state index in [0.717, 1.165) is 0 Å². The lowest BCUT2D eigenvalue weighted by atomic mass is 10.2. The van der Waals surface area contributed by atoms with Gasteiger partial charge in [-0.15, -0.1) is 0 Å². The number of esters is 1. The monoisotopic (exact) mass is 340 g/mol. The predicted molar refractivity (Wildman–Crippen MR) is 88.7 cm³/mol. The summed E-state index contributed by atoms with van der Waals surface area (Å²) < 4.78 is 10.3. The standard InChI is InChI=1S/C17H16N4O4/c22-9-8-19-14-6-2-1-5-13(14)17(23)24-11-15-20-16(21-25-15)12-4-3-7-18-10-12/h1-7,10,19,22H,8-9,11H2. The van der Waals surface area contributed by atoms with Gasteiger partial charge in [-0.1, -0.05) is 17.3 Å². The van der Waals surface area contributed by atoms with Gasteiger partial charge in [-0.25, -0.2) is 4.79 Å². The molecule has 0 aliphatic rings. The molecule has 0 radical (unpaired) electrons. The second kappa shape index (κ2) is 8.02. The van der Waals surface area contributed by atoms with Gasteiger partial charge in [-0.2, -0.15) is 4.98 Å². The number of aromatic nitrogens is 3. The summed E-state index contributed by atoms with van der Waals surface area (Å²) >= 11 is 0. The van der Waals surface area contributed by atoms with Gasteiger partial charge in [0.05, 0.1) is 12.2 Å². The number of hydrogen-bond donors (Lipinski definition) is 2. The number of aliphatic hydroxyl groups is 1. The number of carbonyl (C=O) groups excluding carboxylic acids is 1. The molecule has 0 fully saturated rings. The quantitative estimate of drug-likeness (QED) is 0.627. The molecule has 0 amide bonds.